The number of hydrogen-bond donors (Lipinski definition) is 3. The Kier molecular flexibility index (Phi) is 4.58. The fourth-order valence-corrected chi connectivity index (χ4v) is 0.804. The van der Waals surface area contributed by atoms with E-state index in [-0.39, 0.29) is 19.4 Å². The highest BCUT2D eigenvalue weighted by Gasteiger charge is 2.50. The lowest BCUT2D eigenvalue weighted by Crippen LogP contribution is -2.60. The lowest BCUT2D eigenvalue weighted by molar-refractivity contribution is -0.155. The fraction of sp³-hybridized carbons (Fsp3) is 0.714. The molecule has 5 nitrogen and oxygen atoms in total. The van der Waals surface area contributed by atoms with Crippen molar-refractivity contribution in [2.75, 3.05) is 6.54 Å². The van der Waals surface area contributed by atoms with Gasteiger partial charge in [0.15, 0.2) is 5.78 Å². The van der Waals surface area contributed by atoms with Gasteiger partial charge in [0.25, 0.3) is 6.43 Å². The predicted molar refractivity (Wildman–Crippen MR) is 43.9 cm³/mol. The van der Waals surface area contributed by atoms with Crippen molar-refractivity contribution in [1.82, 2.24) is 0 Å². The first-order chi connectivity index (χ1) is 6.37. The van der Waals surface area contributed by atoms with E-state index in [1.165, 1.54) is 0 Å². The quantitative estimate of drug-likeness (QED) is 0.504. The van der Waals surface area contributed by atoms with Crippen LogP contribution in [0.15, 0.2) is 0 Å². The van der Waals surface area contributed by atoms with Crippen LogP contribution in [0.2, 0.25) is 0 Å². The number of Topliss-reactive ketones (excluding diaryl/α,β-unsaturated/α-hetero) is 1. The number of aliphatic carboxylic acids is 1. The Morgan fingerprint density at radius 1 is 1.43 bits per heavy atom. The van der Waals surface area contributed by atoms with E-state index in [0.717, 1.165) is 0 Å². The van der Waals surface area contributed by atoms with Crippen molar-refractivity contribution in [1.29, 1.82) is 0 Å². The summed E-state index contributed by atoms with van der Waals surface area (Å²) >= 11 is 0. The maximum Gasteiger partial charge on any atom is 0.337 e. The van der Waals surface area contributed by atoms with E-state index in [4.69, 9.17) is 16.6 Å². The molecule has 0 aliphatic heterocycles. The largest absolute Gasteiger partial charge is 0.479 e. The molecule has 0 saturated heterocycles. The zero-order valence-electron chi connectivity index (χ0n) is 7.37. The van der Waals surface area contributed by atoms with E-state index in [2.05, 4.69) is 0 Å². The summed E-state index contributed by atoms with van der Waals surface area (Å²) in [5.74, 6) is -3.22. The molecule has 1 unspecified atom stereocenters. The molecule has 0 saturated carbocycles. The van der Waals surface area contributed by atoms with Gasteiger partial charge in [-0.15, -0.1) is 0 Å². The van der Waals surface area contributed by atoms with Gasteiger partial charge < -0.3 is 16.6 Å². The molecule has 0 amide bonds. The van der Waals surface area contributed by atoms with Gasteiger partial charge in [-0.2, -0.15) is 0 Å². The van der Waals surface area contributed by atoms with Crippen molar-refractivity contribution in [2.45, 2.75) is 24.8 Å². The maximum absolute atomic E-state index is 12.3. The molecule has 0 rings (SSSR count). The van der Waals surface area contributed by atoms with Gasteiger partial charge in [-0.25, -0.2) is 13.6 Å². The van der Waals surface area contributed by atoms with Gasteiger partial charge in [-0.1, -0.05) is 0 Å². The number of carboxylic acids is 1. The first kappa shape index (κ1) is 12.9. The van der Waals surface area contributed by atoms with Crippen LogP contribution in [0.3, 0.4) is 0 Å². The maximum atomic E-state index is 12.3. The van der Waals surface area contributed by atoms with Crippen molar-refractivity contribution in [2.24, 2.45) is 11.5 Å². The molecular weight excluding hydrogens is 198 g/mol. The summed E-state index contributed by atoms with van der Waals surface area (Å²) in [5, 5.41) is 8.42. The van der Waals surface area contributed by atoms with Crippen LogP contribution < -0.4 is 11.5 Å². The summed E-state index contributed by atoms with van der Waals surface area (Å²) in [6.45, 7) is 0.116. The lowest BCUT2D eigenvalue weighted by Gasteiger charge is -2.21. The summed E-state index contributed by atoms with van der Waals surface area (Å²) < 4.78 is 24.5. The molecule has 0 fully saturated rings. The average Bonchev–Trinajstić information content (AvgIpc) is 2.11. The molecule has 0 aromatic rings. The number of alkyl halides is 2. The van der Waals surface area contributed by atoms with Crippen LogP contribution in [-0.2, 0) is 9.59 Å². The van der Waals surface area contributed by atoms with Crippen LogP contribution in [0.4, 0.5) is 8.78 Å². The number of rotatable bonds is 6. The summed E-state index contributed by atoms with van der Waals surface area (Å²) in [5.41, 5.74) is 6.77. The zero-order chi connectivity index (χ0) is 11.4. The first-order valence-corrected chi connectivity index (χ1v) is 3.91. The minimum Gasteiger partial charge on any atom is -0.479 e. The van der Waals surface area contributed by atoms with Crippen molar-refractivity contribution in [3.8, 4) is 0 Å². The van der Waals surface area contributed by atoms with Gasteiger partial charge in [0, 0.05) is 6.42 Å². The molecule has 0 aromatic carbocycles. The second kappa shape index (κ2) is 4.97. The van der Waals surface area contributed by atoms with Crippen LogP contribution in [-0.4, -0.2) is 35.4 Å². The minimum atomic E-state index is -3.43. The van der Waals surface area contributed by atoms with Crippen LogP contribution >= 0.6 is 0 Å². The van der Waals surface area contributed by atoms with E-state index in [0.29, 0.717) is 0 Å². The molecule has 1 atom stereocenters. The zero-order valence-corrected chi connectivity index (χ0v) is 7.37. The highest BCUT2D eigenvalue weighted by molar-refractivity contribution is 6.08. The standard InChI is InChI=1S/C7H12F2N2O3/c8-5(9)7(11,6(13)14)4(12)2-1-3-10/h5H,1-3,10-11H2,(H,13,14). The van der Waals surface area contributed by atoms with Gasteiger partial charge >= 0.3 is 5.97 Å². The molecular formula is C7H12F2N2O3. The topological polar surface area (TPSA) is 106 Å². The lowest BCUT2D eigenvalue weighted by atomic mass is 9.93. The van der Waals surface area contributed by atoms with E-state index >= 15 is 0 Å². The fourth-order valence-electron chi connectivity index (χ4n) is 0.804. The molecule has 0 aliphatic rings. The monoisotopic (exact) mass is 210 g/mol. The van der Waals surface area contributed by atoms with Crippen molar-refractivity contribution in [3.05, 3.63) is 0 Å². The van der Waals surface area contributed by atoms with Crippen molar-refractivity contribution < 1.29 is 23.5 Å². The molecule has 7 heteroatoms. The Hall–Kier alpha value is -1.08. The molecule has 5 N–H and O–H groups in total. The molecule has 0 heterocycles. The number of carboxylic acid groups (broad SMARTS) is 1. The van der Waals surface area contributed by atoms with Gasteiger partial charge in [0.2, 0.25) is 5.54 Å². The van der Waals surface area contributed by atoms with Crippen LogP contribution in [0, 0.1) is 0 Å². The van der Waals surface area contributed by atoms with Gasteiger partial charge in [-0.3, -0.25) is 4.79 Å². The van der Waals surface area contributed by atoms with Crippen LogP contribution in [0.5, 0.6) is 0 Å². The van der Waals surface area contributed by atoms with Gasteiger partial charge in [0.05, 0.1) is 0 Å². The number of nitrogens with two attached hydrogens (primary N) is 2. The third-order valence-electron chi connectivity index (χ3n) is 1.77. The minimum absolute atomic E-state index is 0.116. The first-order valence-electron chi connectivity index (χ1n) is 3.91. The second-order valence-electron chi connectivity index (χ2n) is 2.79. The molecule has 0 spiro atoms. The Balaban J connectivity index is 4.66. The van der Waals surface area contributed by atoms with Gasteiger partial charge in [0.1, 0.15) is 0 Å². The van der Waals surface area contributed by atoms with Crippen LogP contribution in [0.1, 0.15) is 12.8 Å². The summed E-state index contributed by atoms with van der Waals surface area (Å²) in [6.07, 6.45) is -3.65. The van der Waals surface area contributed by atoms with E-state index in [1.54, 1.807) is 0 Å². The number of carbonyl (C=O) groups excluding carboxylic acids is 1. The van der Waals surface area contributed by atoms with Crippen molar-refractivity contribution >= 4 is 11.8 Å². The Labute approximate surface area is 79.1 Å². The molecule has 0 aliphatic carbocycles. The van der Waals surface area contributed by atoms with E-state index in [1.807, 2.05) is 0 Å². The molecule has 14 heavy (non-hydrogen) atoms. The smallest absolute Gasteiger partial charge is 0.337 e. The molecule has 0 bridgehead atoms. The summed E-state index contributed by atoms with van der Waals surface area (Å²) in [7, 11) is 0. The number of carbonyl (C=O) groups is 2. The molecule has 0 radical (unpaired) electrons. The number of hydrogen-bond acceptors (Lipinski definition) is 4. The highest BCUT2D eigenvalue weighted by atomic mass is 19.3. The Morgan fingerprint density at radius 3 is 2.21 bits per heavy atom. The number of ketones is 1. The van der Waals surface area contributed by atoms with E-state index < -0.39 is 23.7 Å². The normalized spacial score (nSPS) is 15.2. The summed E-state index contributed by atoms with van der Waals surface area (Å²) in [6, 6.07) is 0. The molecule has 0 aromatic heterocycles. The number of halogens is 2. The molecule has 82 valence electrons. The van der Waals surface area contributed by atoms with Crippen LogP contribution in [0.25, 0.3) is 0 Å². The Bertz CT molecular complexity index is 235. The van der Waals surface area contributed by atoms with E-state index in [9.17, 15) is 18.4 Å². The van der Waals surface area contributed by atoms with Crippen molar-refractivity contribution in [3.63, 3.8) is 0 Å². The summed E-state index contributed by atoms with van der Waals surface area (Å²) in [4.78, 5) is 21.5. The van der Waals surface area contributed by atoms with Gasteiger partial charge in [-0.05, 0) is 13.0 Å². The predicted octanol–water partition coefficient (Wildman–Crippen LogP) is -0.658. The average molecular weight is 210 g/mol. The highest BCUT2D eigenvalue weighted by Crippen LogP contribution is 2.17. The third kappa shape index (κ3) is 2.46. The Morgan fingerprint density at radius 2 is 1.93 bits per heavy atom. The SMILES string of the molecule is NCCCC(=O)C(N)(C(=O)O)C(F)F. The third-order valence-corrected chi connectivity index (χ3v) is 1.77. The second-order valence-corrected chi connectivity index (χ2v) is 2.79.